The van der Waals surface area contributed by atoms with Gasteiger partial charge in [-0.25, -0.2) is 0 Å². The zero-order valence-corrected chi connectivity index (χ0v) is 8.67. The molecule has 0 saturated carbocycles. The van der Waals surface area contributed by atoms with E-state index in [1.807, 2.05) is 13.8 Å². The molecule has 2 nitrogen and oxygen atoms in total. The van der Waals surface area contributed by atoms with Crippen molar-refractivity contribution < 1.29 is 9.47 Å². The van der Waals surface area contributed by atoms with Gasteiger partial charge in [0.25, 0.3) is 0 Å². The highest BCUT2D eigenvalue weighted by Crippen LogP contribution is 2.09. The lowest BCUT2D eigenvalue weighted by molar-refractivity contribution is -0.135. The molecule has 0 aromatic heterocycles. The topological polar surface area (TPSA) is 18.5 Å². The largest absolute Gasteiger partial charge is 0.353 e. The van der Waals surface area contributed by atoms with Gasteiger partial charge in [-0.2, -0.15) is 0 Å². The monoisotopic (exact) mass is 173 g/mol. The Hall–Kier alpha value is -0.0800. The molecule has 0 spiro atoms. The van der Waals surface area contributed by atoms with Crippen LogP contribution in [0.15, 0.2) is 0 Å². The number of ether oxygens (including phenoxy) is 2. The minimum Gasteiger partial charge on any atom is -0.353 e. The predicted molar refractivity (Wildman–Crippen MR) is 50.8 cm³/mol. The SMILES string of the molecule is CCOC(C[CH]C(C)C)OCC. The van der Waals surface area contributed by atoms with E-state index in [0.29, 0.717) is 5.92 Å². The highest BCUT2D eigenvalue weighted by atomic mass is 16.7. The molecule has 0 aromatic rings. The van der Waals surface area contributed by atoms with E-state index in [0.717, 1.165) is 19.6 Å². The molecule has 0 amide bonds. The van der Waals surface area contributed by atoms with Gasteiger partial charge < -0.3 is 9.47 Å². The molecule has 73 valence electrons. The van der Waals surface area contributed by atoms with Crippen molar-refractivity contribution in [1.29, 1.82) is 0 Å². The summed E-state index contributed by atoms with van der Waals surface area (Å²) in [6.07, 6.45) is 3.07. The smallest absolute Gasteiger partial charge is 0.157 e. The maximum Gasteiger partial charge on any atom is 0.157 e. The Labute approximate surface area is 76.3 Å². The Morgan fingerprint density at radius 1 is 1.08 bits per heavy atom. The van der Waals surface area contributed by atoms with E-state index in [9.17, 15) is 0 Å². The second-order valence-electron chi connectivity index (χ2n) is 3.06. The molecule has 0 rings (SSSR count). The van der Waals surface area contributed by atoms with Crippen LogP contribution in [0.2, 0.25) is 0 Å². The third-order valence-corrected chi connectivity index (χ3v) is 1.51. The van der Waals surface area contributed by atoms with Crippen LogP contribution in [0.3, 0.4) is 0 Å². The van der Waals surface area contributed by atoms with Crippen LogP contribution in [0.25, 0.3) is 0 Å². The average molecular weight is 173 g/mol. The molecule has 0 atom stereocenters. The number of hydrogen-bond donors (Lipinski definition) is 0. The molecule has 0 N–H and O–H groups in total. The Balaban J connectivity index is 3.48. The van der Waals surface area contributed by atoms with E-state index in [4.69, 9.17) is 9.47 Å². The highest BCUT2D eigenvalue weighted by molar-refractivity contribution is 4.70. The summed E-state index contributed by atoms with van der Waals surface area (Å²) in [6, 6.07) is 0. The van der Waals surface area contributed by atoms with E-state index in [1.165, 1.54) is 0 Å². The fourth-order valence-electron chi connectivity index (χ4n) is 0.939. The summed E-state index contributed by atoms with van der Waals surface area (Å²) in [5.74, 6) is 0.605. The molecule has 0 heterocycles. The Morgan fingerprint density at radius 2 is 1.58 bits per heavy atom. The summed E-state index contributed by atoms with van der Waals surface area (Å²) in [5.41, 5.74) is 0. The molecule has 0 bridgehead atoms. The maximum atomic E-state index is 5.38. The quantitative estimate of drug-likeness (QED) is 0.551. The highest BCUT2D eigenvalue weighted by Gasteiger charge is 2.08. The van der Waals surface area contributed by atoms with Crippen LogP contribution in [-0.2, 0) is 9.47 Å². The maximum absolute atomic E-state index is 5.38. The van der Waals surface area contributed by atoms with Gasteiger partial charge >= 0.3 is 0 Å². The van der Waals surface area contributed by atoms with E-state index in [2.05, 4.69) is 20.3 Å². The third-order valence-electron chi connectivity index (χ3n) is 1.51. The molecule has 12 heavy (non-hydrogen) atoms. The molecular formula is C10H21O2. The van der Waals surface area contributed by atoms with Gasteiger partial charge in [-0.15, -0.1) is 0 Å². The number of hydrogen-bond acceptors (Lipinski definition) is 2. The lowest BCUT2D eigenvalue weighted by atomic mass is 10.1. The van der Waals surface area contributed by atoms with Gasteiger partial charge in [0.2, 0.25) is 0 Å². The minimum absolute atomic E-state index is 0.0394. The summed E-state index contributed by atoms with van der Waals surface area (Å²) in [5, 5.41) is 0. The zero-order valence-electron chi connectivity index (χ0n) is 8.67. The predicted octanol–water partition coefficient (Wildman–Crippen LogP) is 2.64. The van der Waals surface area contributed by atoms with Crippen LogP contribution in [0.1, 0.15) is 34.1 Å². The van der Waals surface area contributed by atoms with Gasteiger partial charge in [-0.05, 0) is 26.2 Å². The van der Waals surface area contributed by atoms with Crippen LogP contribution >= 0.6 is 0 Å². The molecule has 0 fully saturated rings. The first-order valence-electron chi connectivity index (χ1n) is 4.77. The van der Waals surface area contributed by atoms with Crippen molar-refractivity contribution in [3.63, 3.8) is 0 Å². The molecule has 2 heteroatoms. The first-order chi connectivity index (χ1) is 5.70. The van der Waals surface area contributed by atoms with Gasteiger partial charge in [0.1, 0.15) is 0 Å². The normalized spacial score (nSPS) is 11.5. The summed E-state index contributed by atoms with van der Waals surface area (Å²) < 4.78 is 10.8. The molecule has 0 unspecified atom stereocenters. The summed E-state index contributed by atoms with van der Waals surface area (Å²) in [4.78, 5) is 0. The third kappa shape index (κ3) is 6.62. The Kier molecular flexibility index (Phi) is 7.51. The molecule has 0 saturated heterocycles. The van der Waals surface area contributed by atoms with Crippen molar-refractivity contribution in [2.45, 2.75) is 40.4 Å². The number of rotatable bonds is 7. The molecule has 0 aliphatic carbocycles. The van der Waals surface area contributed by atoms with Crippen LogP contribution in [-0.4, -0.2) is 19.5 Å². The summed E-state index contributed by atoms with van der Waals surface area (Å²) in [6.45, 7) is 9.74. The van der Waals surface area contributed by atoms with E-state index in [1.54, 1.807) is 0 Å². The lowest BCUT2D eigenvalue weighted by Crippen LogP contribution is -2.18. The standard InChI is InChI=1S/C10H21O2/c1-5-11-10(12-6-2)8-7-9(3)4/h7,9-10H,5-6,8H2,1-4H3. The first-order valence-corrected chi connectivity index (χ1v) is 4.77. The van der Waals surface area contributed by atoms with Crippen molar-refractivity contribution in [3.8, 4) is 0 Å². The van der Waals surface area contributed by atoms with Gasteiger partial charge in [0.15, 0.2) is 6.29 Å². The van der Waals surface area contributed by atoms with Crippen molar-refractivity contribution in [2.24, 2.45) is 5.92 Å². The zero-order chi connectivity index (χ0) is 9.40. The van der Waals surface area contributed by atoms with E-state index in [-0.39, 0.29) is 6.29 Å². The average Bonchev–Trinajstić information content (AvgIpc) is 2.01. The van der Waals surface area contributed by atoms with Gasteiger partial charge in [0.05, 0.1) is 0 Å². The fraction of sp³-hybridized carbons (Fsp3) is 0.900. The Bertz CT molecular complexity index is 85.8. The van der Waals surface area contributed by atoms with Crippen molar-refractivity contribution >= 4 is 0 Å². The summed E-state index contributed by atoms with van der Waals surface area (Å²) in [7, 11) is 0. The van der Waals surface area contributed by atoms with Gasteiger partial charge in [-0.3, -0.25) is 0 Å². The van der Waals surface area contributed by atoms with E-state index < -0.39 is 0 Å². The van der Waals surface area contributed by atoms with Crippen LogP contribution in [0.5, 0.6) is 0 Å². The van der Waals surface area contributed by atoms with Crippen molar-refractivity contribution in [1.82, 2.24) is 0 Å². The van der Waals surface area contributed by atoms with Crippen LogP contribution in [0.4, 0.5) is 0 Å². The van der Waals surface area contributed by atoms with Crippen LogP contribution in [0, 0.1) is 12.3 Å². The first kappa shape index (κ1) is 11.9. The Morgan fingerprint density at radius 3 is 1.92 bits per heavy atom. The van der Waals surface area contributed by atoms with Gasteiger partial charge in [0, 0.05) is 19.6 Å². The second kappa shape index (κ2) is 7.56. The molecule has 0 aliphatic rings. The van der Waals surface area contributed by atoms with Crippen molar-refractivity contribution in [2.75, 3.05) is 13.2 Å². The van der Waals surface area contributed by atoms with Gasteiger partial charge in [-0.1, -0.05) is 13.8 Å². The molecular weight excluding hydrogens is 152 g/mol. The minimum atomic E-state index is -0.0394. The van der Waals surface area contributed by atoms with Crippen LogP contribution < -0.4 is 0 Å². The summed E-state index contributed by atoms with van der Waals surface area (Å²) >= 11 is 0. The van der Waals surface area contributed by atoms with E-state index >= 15 is 0 Å². The second-order valence-corrected chi connectivity index (χ2v) is 3.06. The fourth-order valence-corrected chi connectivity index (χ4v) is 0.939. The molecule has 0 aliphatic heterocycles. The molecule has 1 radical (unpaired) electrons. The van der Waals surface area contributed by atoms with Crippen molar-refractivity contribution in [3.05, 3.63) is 6.42 Å². The lowest BCUT2D eigenvalue weighted by Gasteiger charge is -2.17. The molecule has 0 aromatic carbocycles.